The molecule has 7 nitrogen and oxygen atoms in total. The van der Waals surface area contributed by atoms with Crippen LogP contribution in [0.25, 0.3) is 0 Å². The second-order valence-corrected chi connectivity index (χ2v) is 8.66. The lowest BCUT2D eigenvalue weighted by Gasteiger charge is -2.33. The van der Waals surface area contributed by atoms with Crippen LogP contribution in [-0.2, 0) is 20.7 Å². The molecular weight excluding hydrogens is 450 g/mol. The fourth-order valence-electron chi connectivity index (χ4n) is 3.81. The second-order valence-electron chi connectivity index (χ2n) is 7.78. The number of esters is 1. The van der Waals surface area contributed by atoms with Crippen LogP contribution in [0.4, 0.5) is 5.69 Å². The Kier molecular flexibility index (Phi) is 7.37. The van der Waals surface area contributed by atoms with Crippen LogP contribution in [0, 0.1) is 0 Å². The van der Waals surface area contributed by atoms with Gasteiger partial charge >= 0.3 is 5.97 Å². The number of anilines is 1. The summed E-state index contributed by atoms with van der Waals surface area (Å²) in [7, 11) is 0. The molecular formula is C26H27N3O4S. The summed E-state index contributed by atoms with van der Waals surface area (Å²) < 4.78 is 11.0. The van der Waals surface area contributed by atoms with Crippen LogP contribution >= 0.6 is 11.8 Å². The number of carbonyl (C=O) groups is 2. The summed E-state index contributed by atoms with van der Waals surface area (Å²) in [5, 5.41) is 5.60. The highest BCUT2D eigenvalue weighted by Gasteiger charge is 2.37. The van der Waals surface area contributed by atoms with Crippen molar-refractivity contribution in [2.75, 3.05) is 18.5 Å². The van der Waals surface area contributed by atoms with Crippen LogP contribution in [0.2, 0.25) is 0 Å². The summed E-state index contributed by atoms with van der Waals surface area (Å²) in [5.74, 6) is -0.0411. The first kappa shape index (κ1) is 23.6. The van der Waals surface area contributed by atoms with E-state index in [0.29, 0.717) is 23.6 Å². The Labute approximate surface area is 203 Å². The summed E-state index contributed by atoms with van der Waals surface area (Å²) in [4.78, 5) is 31.5. The maximum atomic E-state index is 12.7. The molecule has 0 aliphatic carbocycles. The van der Waals surface area contributed by atoms with Gasteiger partial charge in [0.1, 0.15) is 5.75 Å². The third-order valence-electron chi connectivity index (χ3n) is 5.53. The maximum Gasteiger partial charge on any atom is 0.338 e. The van der Waals surface area contributed by atoms with Gasteiger partial charge in [-0.05, 0) is 61.1 Å². The number of hydrogen-bond donors (Lipinski definition) is 1. The Hall–Kier alpha value is -3.52. The monoisotopic (exact) mass is 477 g/mol. The first-order chi connectivity index (χ1) is 16.5. The quantitative estimate of drug-likeness (QED) is 0.537. The predicted octanol–water partition coefficient (Wildman–Crippen LogP) is 5.03. The lowest BCUT2D eigenvalue weighted by molar-refractivity contribution is -0.139. The number of rotatable bonds is 8. The van der Waals surface area contributed by atoms with E-state index < -0.39 is 0 Å². The van der Waals surface area contributed by atoms with Crippen molar-refractivity contribution in [2.45, 2.75) is 33.2 Å². The third-order valence-corrected chi connectivity index (χ3v) is 6.30. The zero-order chi connectivity index (χ0) is 24.1. The fourth-order valence-corrected chi connectivity index (χ4v) is 4.61. The molecule has 0 unspecified atom stereocenters. The maximum absolute atomic E-state index is 12.7. The summed E-state index contributed by atoms with van der Waals surface area (Å²) >= 11 is 1.51. The van der Waals surface area contributed by atoms with E-state index in [0.717, 1.165) is 22.8 Å². The Morgan fingerprint density at radius 1 is 1.09 bits per heavy atom. The highest BCUT2D eigenvalue weighted by atomic mass is 32.2. The molecule has 4 rings (SSSR count). The molecule has 0 spiro atoms. The Bertz CT molecular complexity index is 1150. The predicted molar refractivity (Wildman–Crippen MR) is 134 cm³/mol. The highest BCUT2D eigenvalue weighted by Crippen LogP contribution is 2.41. The normalized spacial score (nSPS) is 16.7. The largest absolute Gasteiger partial charge is 0.484 e. The summed E-state index contributed by atoms with van der Waals surface area (Å²) in [6.45, 7) is 5.89. The Balaban J connectivity index is 1.44. The number of nitrogens with one attached hydrogen (secondary N) is 1. The van der Waals surface area contributed by atoms with E-state index in [2.05, 4.69) is 17.2 Å². The van der Waals surface area contributed by atoms with Crippen molar-refractivity contribution in [1.82, 2.24) is 4.90 Å². The molecule has 2 aromatic carbocycles. The minimum atomic E-state index is -0.373. The van der Waals surface area contributed by atoms with Crippen molar-refractivity contribution in [3.8, 4) is 5.75 Å². The van der Waals surface area contributed by atoms with Crippen LogP contribution in [-0.4, -0.2) is 35.2 Å². The molecule has 1 amide bonds. The number of nitrogens with zero attached hydrogens (tertiary/aromatic N) is 2. The van der Waals surface area contributed by atoms with E-state index in [4.69, 9.17) is 9.47 Å². The van der Waals surface area contributed by atoms with E-state index >= 15 is 0 Å². The molecule has 8 heteroatoms. The van der Waals surface area contributed by atoms with Crippen molar-refractivity contribution < 1.29 is 19.1 Å². The number of thioether (sulfide) groups is 1. The SMILES string of the molecule is CCOC(=O)C1=C(C)N=C2SC=CN2[C@H]1c1ccc(OCC(=O)Nc2ccc(CC)cc2)cc1. The number of amides is 1. The van der Waals surface area contributed by atoms with E-state index in [1.807, 2.05) is 59.8 Å². The van der Waals surface area contributed by atoms with Crippen LogP contribution in [0.15, 0.2) is 76.4 Å². The number of benzene rings is 2. The van der Waals surface area contributed by atoms with Crippen LogP contribution in [0.3, 0.4) is 0 Å². The highest BCUT2D eigenvalue weighted by molar-refractivity contribution is 8.16. The van der Waals surface area contributed by atoms with Gasteiger partial charge in [0.05, 0.1) is 23.9 Å². The molecule has 2 aliphatic rings. The Morgan fingerprint density at radius 2 is 1.82 bits per heavy atom. The third kappa shape index (κ3) is 5.17. The molecule has 34 heavy (non-hydrogen) atoms. The number of aryl methyl sites for hydroxylation is 1. The number of carbonyl (C=O) groups excluding carboxylic acids is 2. The molecule has 2 heterocycles. The molecule has 0 saturated carbocycles. The zero-order valence-corrected chi connectivity index (χ0v) is 20.2. The number of amidine groups is 1. The molecule has 1 N–H and O–H groups in total. The van der Waals surface area contributed by atoms with E-state index in [1.165, 1.54) is 17.3 Å². The first-order valence-electron chi connectivity index (χ1n) is 11.2. The minimum absolute atomic E-state index is 0.103. The van der Waals surface area contributed by atoms with Crippen molar-refractivity contribution in [3.63, 3.8) is 0 Å². The lowest BCUT2D eigenvalue weighted by Crippen LogP contribution is -2.34. The molecule has 0 saturated heterocycles. The van der Waals surface area contributed by atoms with Gasteiger partial charge in [-0.3, -0.25) is 4.79 Å². The molecule has 2 aliphatic heterocycles. The number of hydrogen-bond acceptors (Lipinski definition) is 7. The number of fused-ring (bicyclic) bond motifs is 1. The molecule has 0 bridgehead atoms. The molecule has 0 radical (unpaired) electrons. The lowest BCUT2D eigenvalue weighted by atomic mass is 9.95. The van der Waals surface area contributed by atoms with Crippen LogP contribution in [0.5, 0.6) is 5.75 Å². The van der Waals surface area contributed by atoms with Crippen molar-refractivity contribution in [3.05, 3.63) is 82.5 Å². The van der Waals surface area contributed by atoms with Gasteiger partial charge in [0.25, 0.3) is 5.91 Å². The van der Waals surface area contributed by atoms with Gasteiger partial charge in [-0.15, -0.1) is 0 Å². The first-order valence-corrected chi connectivity index (χ1v) is 12.1. The average Bonchev–Trinajstić information content (AvgIpc) is 3.31. The standard InChI is InChI=1S/C26H27N3O4S/c1-4-18-6-10-20(11-7-18)28-22(30)16-33-21-12-8-19(9-13-21)24-23(25(31)32-5-2)17(3)27-26-29(24)14-15-34-26/h6-15,24H,4-5,16H2,1-3H3,(H,28,30)/t24-/m0/s1. The summed E-state index contributed by atoms with van der Waals surface area (Å²) in [5.41, 5.74) is 4.01. The molecule has 1 atom stereocenters. The Morgan fingerprint density at radius 3 is 2.50 bits per heavy atom. The van der Waals surface area contributed by atoms with Gasteiger partial charge < -0.3 is 19.7 Å². The number of allylic oxidation sites excluding steroid dienone is 1. The van der Waals surface area contributed by atoms with E-state index in [1.54, 1.807) is 19.1 Å². The van der Waals surface area contributed by atoms with E-state index in [-0.39, 0.29) is 24.5 Å². The van der Waals surface area contributed by atoms with Crippen molar-refractivity contribution >= 4 is 34.5 Å². The fraction of sp³-hybridized carbons (Fsp3) is 0.269. The van der Waals surface area contributed by atoms with Crippen molar-refractivity contribution in [1.29, 1.82) is 0 Å². The number of ether oxygens (including phenoxy) is 2. The van der Waals surface area contributed by atoms with Gasteiger partial charge in [0.15, 0.2) is 11.8 Å². The number of aliphatic imine (C=N–C) groups is 1. The summed E-state index contributed by atoms with van der Waals surface area (Å²) in [6, 6.07) is 14.8. The van der Waals surface area contributed by atoms with Gasteiger partial charge in [0, 0.05) is 11.9 Å². The average molecular weight is 478 g/mol. The van der Waals surface area contributed by atoms with Gasteiger partial charge in [-0.2, -0.15) is 0 Å². The summed E-state index contributed by atoms with van der Waals surface area (Å²) in [6.07, 6.45) is 2.87. The molecule has 2 aromatic rings. The minimum Gasteiger partial charge on any atom is -0.484 e. The molecule has 0 aromatic heterocycles. The van der Waals surface area contributed by atoms with E-state index in [9.17, 15) is 9.59 Å². The zero-order valence-electron chi connectivity index (χ0n) is 19.4. The molecule has 0 fully saturated rings. The molecule has 176 valence electrons. The topological polar surface area (TPSA) is 80.2 Å². The van der Waals surface area contributed by atoms with Crippen LogP contribution in [0.1, 0.15) is 37.9 Å². The van der Waals surface area contributed by atoms with Gasteiger partial charge in [0.2, 0.25) is 0 Å². The van der Waals surface area contributed by atoms with Gasteiger partial charge in [-0.1, -0.05) is 43.0 Å². The van der Waals surface area contributed by atoms with Crippen molar-refractivity contribution in [2.24, 2.45) is 4.99 Å². The van der Waals surface area contributed by atoms with Gasteiger partial charge in [-0.25, -0.2) is 9.79 Å². The van der Waals surface area contributed by atoms with Crippen LogP contribution < -0.4 is 10.1 Å². The second kappa shape index (κ2) is 10.6. The smallest absolute Gasteiger partial charge is 0.338 e.